The van der Waals surface area contributed by atoms with Crippen molar-refractivity contribution in [2.75, 3.05) is 11.5 Å². The molecular weight excluding hydrogens is 487 g/mol. The van der Waals surface area contributed by atoms with Gasteiger partial charge in [0.25, 0.3) is 0 Å². The third-order valence-electron chi connectivity index (χ3n) is 4.09. The van der Waals surface area contributed by atoms with Crippen molar-refractivity contribution in [3.8, 4) is 0 Å². The van der Waals surface area contributed by atoms with Gasteiger partial charge in [0, 0.05) is 0 Å². The molecule has 2 atom stereocenters. The Bertz CT molecular complexity index is 220. The molecule has 2 heterocycles. The summed E-state index contributed by atoms with van der Waals surface area (Å²) in [7, 11) is 0. The van der Waals surface area contributed by atoms with Crippen molar-refractivity contribution < 1.29 is 0 Å². The first-order valence-electron chi connectivity index (χ1n) is 7.29. The molecule has 0 aromatic carbocycles. The second kappa shape index (κ2) is 8.06. The zero-order chi connectivity index (χ0) is 12.2. The Morgan fingerprint density at radius 3 is 1.39 bits per heavy atom. The van der Waals surface area contributed by atoms with Crippen LogP contribution in [0.15, 0.2) is 0 Å². The SMILES string of the molecule is C1CC(C[Te]CC2CS2)CCC1C[Te]CC1CS1. The van der Waals surface area contributed by atoms with E-state index in [9.17, 15) is 0 Å². The average Bonchev–Trinajstić information content (AvgIpc) is 3.25. The van der Waals surface area contributed by atoms with Gasteiger partial charge in [-0.15, -0.1) is 0 Å². The minimum absolute atomic E-state index is 0.407. The molecule has 0 N–H and O–H groups in total. The van der Waals surface area contributed by atoms with E-state index >= 15 is 0 Å². The molecule has 0 aromatic rings. The number of thioether (sulfide) groups is 2. The summed E-state index contributed by atoms with van der Waals surface area (Å²) in [6.45, 7) is 0. The van der Waals surface area contributed by atoms with E-state index in [2.05, 4.69) is 23.5 Å². The second-order valence-corrected chi connectivity index (χ2v) is 14.7. The van der Waals surface area contributed by atoms with Crippen LogP contribution in [0.1, 0.15) is 25.7 Å². The van der Waals surface area contributed by atoms with Crippen molar-refractivity contribution in [1.82, 2.24) is 0 Å². The van der Waals surface area contributed by atoms with E-state index in [1.807, 2.05) is 0 Å². The van der Waals surface area contributed by atoms with Crippen LogP contribution < -0.4 is 0 Å². The van der Waals surface area contributed by atoms with Crippen LogP contribution in [0.2, 0.25) is 17.9 Å². The quantitative estimate of drug-likeness (QED) is 0.356. The summed E-state index contributed by atoms with van der Waals surface area (Å²) in [5.74, 6) is 5.35. The fourth-order valence-electron chi connectivity index (χ4n) is 2.63. The van der Waals surface area contributed by atoms with Crippen molar-refractivity contribution in [2.24, 2.45) is 11.8 Å². The van der Waals surface area contributed by atoms with Gasteiger partial charge in [-0.3, -0.25) is 0 Å². The molecule has 1 aliphatic carbocycles. The minimum atomic E-state index is 0.407. The molecule has 3 aliphatic rings. The van der Waals surface area contributed by atoms with E-state index in [0.29, 0.717) is 41.8 Å². The van der Waals surface area contributed by atoms with Crippen LogP contribution in [0.25, 0.3) is 0 Å². The van der Waals surface area contributed by atoms with Gasteiger partial charge in [0.2, 0.25) is 0 Å². The van der Waals surface area contributed by atoms with Gasteiger partial charge in [0.15, 0.2) is 0 Å². The first-order valence-corrected chi connectivity index (χ1v) is 16.0. The van der Waals surface area contributed by atoms with Crippen LogP contribution >= 0.6 is 23.5 Å². The second-order valence-electron chi connectivity index (χ2n) is 5.87. The molecule has 0 nitrogen and oxygen atoms in total. The third kappa shape index (κ3) is 5.95. The number of hydrogen-bond donors (Lipinski definition) is 0. The Morgan fingerprint density at radius 1 is 0.667 bits per heavy atom. The van der Waals surface area contributed by atoms with Gasteiger partial charge in [-0.05, 0) is 0 Å². The molecule has 2 aliphatic heterocycles. The molecule has 4 heteroatoms. The van der Waals surface area contributed by atoms with Crippen LogP contribution in [-0.2, 0) is 0 Å². The van der Waals surface area contributed by atoms with E-state index in [4.69, 9.17) is 0 Å². The topological polar surface area (TPSA) is 0 Å². The van der Waals surface area contributed by atoms with Crippen molar-refractivity contribution >= 4 is 65.4 Å². The predicted octanol–water partition coefficient (Wildman–Crippen LogP) is 4.11. The molecule has 18 heavy (non-hydrogen) atoms. The van der Waals surface area contributed by atoms with Crippen molar-refractivity contribution in [1.29, 1.82) is 0 Å². The van der Waals surface area contributed by atoms with E-state index < -0.39 is 0 Å². The summed E-state index contributed by atoms with van der Waals surface area (Å²) in [4.78, 5) is 0. The Morgan fingerprint density at radius 2 is 1.06 bits per heavy atom. The van der Waals surface area contributed by atoms with Gasteiger partial charge in [-0.1, -0.05) is 0 Å². The van der Waals surface area contributed by atoms with Crippen molar-refractivity contribution in [3.05, 3.63) is 0 Å². The Balaban J connectivity index is 1.21. The molecule has 0 spiro atoms. The van der Waals surface area contributed by atoms with Crippen molar-refractivity contribution in [3.63, 3.8) is 0 Å². The van der Waals surface area contributed by atoms with Crippen LogP contribution in [0.4, 0.5) is 0 Å². The molecule has 2 saturated heterocycles. The molecule has 0 bridgehead atoms. The average molecular weight is 512 g/mol. The van der Waals surface area contributed by atoms with E-state index in [1.54, 1.807) is 43.6 Å². The predicted molar refractivity (Wildman–Crippen MR) is 88.7 cm³/mol. The standard InChI is InChI=1S/C14H24S2Te2/c1-2-12(8-18-10-14-6-16-14)4-3-11(1)7-17-9-13-5-15-13/h11-14H,1-10H2. The summed E-state index contributed by atoms with van der Waals surface area (Å²) in [6, 6.07) is 0. The molecule has 1 saturated carbocycles. The molecule has 3 fully saturated rings. The Kier molecular flexibility index (Phi) is 6.80. The first-order chi connectivity index (χ1) is 8.90. The molecular formula is C14H24S2Te2. The maximum absolute atomic E-state index is 2.21. The Labute approximate surface area is 141 Å². The van der Waals surface area contributed by atoms with E-state index in [-0.39, 0.29) is 0 Å². The number of hydrogen-bond acceptors (Lipinski definition) is 2. The van der Waals surface area contributed by atoms with Gasteiger partial charge in [-0.25, -0.2) is 0 Å². The van der Waals surface area contributed by atoms with Crippen molar-refractivity contribution in [2.45, 2.75) is 54.1 Å². The summed E-state index contributed by atoms with van der Waals surface area (Å²) in [5, 5.41) is 2.27. The molecule has 0 amide bonds. The Hall–Kier alpha value is 2.28. The molecule has 0 radical (unpaired) electrons. The molecule has 3 rings (SSSR count). The molecule has 2 unspecified atom stereocenters. The van der Waals surface area contributed by atoms with Gasteiger partial charge in [-0.2, -0.15) is 0 Å². The monoisotopic (exact) mass is 516 g/mol. The zero-order valence-electron chi connectivity index (χ0n) is 11.0. The third-order valence-corrected chi connectivity index (χ3v) is 15.0. The van der Waals surface area contributed by atoms with Crippen LogP contribution in [0, 0.1) is 11.8 Å². The zero-order valence-corrected chi connectivity index (χ0v) is 17.3. The fraction of sp³-hybridized carbons (Fsp3) is 1.00. The number of rotatable bonds is 8. The van der Waals surface area contributed by atoms with Gasteiger partial charge in [0.05, 0.1) is 0 Å². The van der Waals surface area contributed by atoms with E-state index in [0.717, 1.165) is 10.5 Å². The normalized spacial score (nSPS) is 38.7. The van der Waals surface area contributed by atoms with E-state index in [1.165, 1.54) is 23.3 Å². The maximum atomic E-state index is 2.21. The van der Waals surface area contributed by atoms with Crippen LogP contribution in [0.3, 0.4) is 0 Å². The summed E-state index contributed by atoms with van der Waals surface area (Å²) >= 11 is 5.23. The molecule has 0 aromatic heterocycles. The van der Waals surface area contributed by atoms with Gasteiger partial charge < -0.3 is 0 Å². The van der Waals surface area contributed by atoms with Gasteiger partial charge >= 0.3 is 143 Å². The van der Waals surface area contributed by atoms with Crippen LogP contribution in [0.5, 0.6) is 0 Å². The molecule has 104 valence electrons. The summed E-state index contributed by atoms with van der Waals surface area (Å²) < 4.78 is 6.68. The van der Waals surface area contributed by atoms with Gasteiger partial charge in [0.1, 0.15) is 0 Å². The first kappa shape index (κ1) is 15.2. The van der Waals surface area contributed by atoms with Crippen LogP contribution in [-0.4, -0.2) is 63.9 Å². The fourth-order valence-corrected chi connectivity index (χ4v) is 14.0. The summed E-state index contributed by atoms with van der Waals surface area (Å²) in [5.41, 5.74) is 0. The summed E-state index contributed by atoms with van der Waals surface area (Å²) in [6.07, 6.45) is 6.44.